The fourth-order valence-electron chi connectivity index (χ4n) is 2.26. The molecule has 0 spiro atoms. The Labute approximate surface area is 113 Å². The molecular formula is C17H16N2. The first-order valence-corrected chi connectivity index (χ1v) is 6.51. The van der Waals surface area contributed by atoms with Crippen LogP contribution in [0.1, 0.15) is 11.1 Å². The summed E-state index contributed by atoms with van der Waals surface area (Å²) < 4.78 is 0. The lowest BCUT2D eigenvalue weighted by atomic mass is 10.1. The van der Waals surface area contributed by atoms with Gasteiger partial charge in [0, 0.05) is 24.7 Å². The van der Waals surface area contributed by atoms with E-state index in [9.17, 15) is 0 Å². The standard InChI is InChI=1S/C17H16N2/c1-2-6-14(7-3-1)12-18-13-15-8-4-10-17-16(15)9-5-11-19-17/h1-11,18H,12-13H2. The predicted molar refractivity (Wildman–Crippen MR) is 78.7 cm³/mol. The van der Waals surface area contributed by atoms with Crippen LogP contribution in [-0.2, 0) is 13.1 Å². The molecule has 0 aliphatic rings. The molecule has 0 saturated heterocycles. The number of rotatable bonds is 4. The number of benzene rings is 2. The Hall–Kier alpha value is -2.19. The summed E-state index contributed by atoms with van der Waals surface area (Å²) in [7, 11) is 0. The zero-order valence-electron chi connectivity index (χ0n) is 10.7. The van der Waals surface area contributed by atoms with Crippen molar-refractivity contribution >= 4 is 10.9 Å². The highest BCUT2D eigenvalue weighted by Gasteiger charge is 2.00. The Morgan fingerprint density at radius 2 is 1.68 bits per heavy atom. The maximum Gasteiger partial charge on any atom is 0.0705 e. The molecule has 2 nitrogen and oxygen atoms in total. The van der Waals surface area contributed by atoms with Gasteiger partial charge in [-0.15, -0.1) is 0 Å². The van der Waals surface area contributed by atoms with Crippen LogP contribution in [0.5, 0.6) is 0 Å². The Kier molecular flexibility index (Phi) is 3.52. The Morgan fingerprint density at radius 3 is 2.58 bits per heavy atom. The third kappa shape index (κ3) is 2.80. The molecule has 2 heteroatoms. The summed E-state index contributed by atoms with van der Waals surface area (Å²) in [5.41, 5.74) is 3.66. The summed E-state index contributed by atoms with van der Waals surface area (Å²) in [5.74, 6) is 0. The van der Waals surface area contributed by atoms with E-state index >= 15 is 0 Å². The highest BCUT2D eigenvalue weighted by atomic mass is 14.8. The lowest BCUT2D eigenvalue weighted by Crippen LogP contribution is -2.12. The van der Waals surface area contributed by atoms with Crippen LogP contribution in [0.15, 0.2) is 66.9 Å². The number of aromatic nitrogens is 1. The summed E-state index contributed by atoms with van der Waals surface area (Å²) >= 11 is 0. The van der Waals surface area contributed by atoms with Crippen molar-refractivity contribution in [2.24, 2.45) is 0 Å². The van der Waals surface area contributed by atoms with Gasteiger partial charge in [-0.3, -0.25) is 4.98 Å². The van der Waals surface area contributed by atoms with Crippen LogP contribution in [0.4, 0.5) is 0 Å². The van der Waals surface area contributed by atoms with E-state index in [2.05, 4.69) is 58.8 Å². The molecule has 1 N–H and O–H groups in total. The molecule has 1 aromatic heterocycles. The third-order valence-corrected chi connectivity index (χ3v) is 3.22. The van der Waals surface area contributed by atoms with Crippen molar-refractivity contribution in [3.8, 4) is 0 Å². The molecule has 3 aromatic rings. The van der Waals surface area contributed by atoms with Crippen molar-refractivity contribution < 1.29 is 0 Å². The predicted octanol–water partition coefficient (Wildman–Crippen LogP) is 3.52. The van der Waals surface area contributed by atoms with Gasteiger partial charge in [0.15, 0.2) is 0 Å². The SMILES string of the molecule is c1ccc(CNCc2cccc3ncccc23)cc1. The number of hydrogen-bond donors (Lipinski definition) is 1. The topological polar surface area (TPSA) is 24.9 Å². The second-order valence-electron chi connectivity index (χ2n) is 4.58. The molecule has 0 aliphatic heterocycles. The molecule has 94 valence electrons. The van der Waals surface area contributed by atoms with E-state index in [1.165, 1.54) is 16.5 Å². The van der Waals surface area contributed by atoms with Gasteiger partial charge in [-0.1, -0.05) is 48.5 Å². The number of nitrogens with zero attached hydrogens (tertiary/aromatic N) is 1. The lowest BCUT2D eigenvalue weighted by molar-refractivity contribution is 0.696. The number of pyridine rings is 1. The molecule has 0 saturated carbocycles. The zero-order chi connectivity index (χ0) is 12.9. The summed E-state index contributed by atoms with van der Waals surface area (Å²) in [4.78, 5) is 4.38. The molecule has 19 heavy (non-hydrogen) atoms. The minimum atomic E-state index is 0.859. The highest BCUT2D eigenvalue weighted by Crippen LogP contribution is 2.16. The van der Waals surface area contributed by atoms with Gasteiger partial charge in [0.2, 0.25) is 0 Å². The van der Waals surface area contributed by atoms with Crippen molar-refractivity contribution in [1.29, 1.82) is 0 Å². The van der Waals surface area contributed by atoms with Gasteiger partial charge in [-0.25, -0.2) is 0 Å². The highest BCUT2D eigenvalue weighted by molar-refractivity contribution is 5.81. The van der Waals surface area contributed by atoms with Gasteiger partial charge in [-0.05, 0) is 23.3 Å². The van der Waals surface area contributed by atoms with E-state index in [1.807, 2.05) is 18.3 Å². The molecule has 1 heterocycles. The van der Waals surface area contributed by atoms with Gasteiger partial charge in [0.25, 0.3) is 0 Å². The molecule has 0 amide bonds. The molecular weight excluding hydrogens is 232 g/mol. The van der Waals surface area contributed by atoms with Crippen molar-refractivity contribution in [3.63, 3.8) is 0 Å². The smallest absolute Gasteiger partial charge is 0.0705 e. The van der Waals surface area contributed by atoms with Crippen LogP contribution in [-0.4, -0.2) is 4.98 Å². The number of hydrogen-bond acceptors (Lipinski definition) is 2. The molecule has 0 bridgehead atoms. The van der Waals surface area contributed by atoms with E-state index in [0.717, 1.165) is 18.6 Å². The Balaban J connectivity index is 1.72. The maximum absolute atomic E-state index is 4.38. The number of fused-ring (bicyclic) bond motifs is 1. The van der Waals surface area contributed by atoms with Crippen LogP contribution in [0.2, 0.25) is 0 Å². The lowest BCUT2D eigenvalue weighted by Gasteiger charge is -2.08. The van der Waals surface area contributed by atoms with E-state index in [4.69, 9.17) is 0 Å². The monoisotopic (exact) mass is 248 g/mol. The first-order valence-electron chi connectivity index (χ1n) is 6.51. The normalized spacial score (nSPS) is 10.7. The summed E-state index contributed by atoms with van der Waals surface area (Å²) in [6, 6.07) is 20.8. The van der Waals surface area contributed by atoms with E-state index < -0.39 is 0 Å². The van der Waals surface area contributed by atoms with Crippen molar-refractivity contribution in [1.82, 2.24) is 10.3 Å². The van der Waals surface area contributed by atoms with Crippen molar-refractivity contribution in [3.05, 3.63) is 78.0 Å². The zero-order valence-corrected chi connectivity index (χ0v) is 10.7. The average molecular weight is 248 g/mol. The first-order chi connectivity index (χ1) is 9.43. The van der Waals surface area contributed by atoms with Gasteiger partial charge in [0.05, 0.1) is 5.52 Å². The van der Waals surface area contributed by atoms with E-state index in [-0.39, 0.29) is 0 Å². The second kappa shape index (κ2) is 5.63. The van der Waals surface area contributed by atoms with E-state index in [0.29, 0.717) is 0 Å². The fraction of sp³-hybridized carbons (Fsp3) is 0.118. The minimum absolute atomic E-state index is 0.859. The minimum Gasteiger partial charge on any atom is -0.309 e. The molecule has 0 atom stereocenters. The van der Waals surface area contributed by atoms with Crippen LogP contribution >= 0.6 is 0 Å². The quantitative estimate of drug-likeness (QED) is 0.764. The number of nitrogens with one attached hydrogen (secondary N) is 1. The summed E-state index contributed by atoms with van der Waals surface area (Å²) in [5, 5.41) is 4.71. The first kappa shape index (κ1) is 11.9. The van der Waals surface area contributed by atoms with Crippen LogP contribution in [0, 0.1) is 0 Å². The molecule has 0 fully saturated rings. The van der Waals surface area contributed by atoms with Crippen LogP contribution in [0.25, 0.3) is 10.9 Å². The fourth-order valence-corrected chi connectivity index (χ4v) is 2.26. The molecule has 2 aromatic carbocycles. The van der Waals surface area contributed by atoms with Gasteiger partial charge < -0.3 is 5.32 Å². The summed E-state index contributed by atoms with van der Waals surface area (Å²) in [6.07, 6.45) is 1.84. The van der Waals surface area contributed by atoms with Crippen molar-refractivity contribution in [2.75, 3.05) is 0 Å². The van der Waals surface area contributed by atoms with Crippen LogP contribution < -0.4 is 5.32 Å². The third-order valence-electron chi connectivity index (χ3n) is 3.22. The molecule has 3 rings (SSSR count). The average Bonchev–Trinajstić information content (AvgIpc) is 2.49. The molecule has 0 unspecified atom stereocenters. The maximum atomic E-state index is 4.38. The summed E-state index contributed by atoms with van der Waals surface area (Å²) in [6.45, 7) is 1.75. The Bertz CT molecular complexity index is 657. The second-order valence-corrected chi connectivity index (χ2v) is 4.58. The van der Waals surface area contributed by atoms with Crippen LogP contribution in [0.3, 0.4) is 0 Å². The van der Waals surface area contributed by atoms with Gasteiger partial charge in [-0.2, -0.15) is 0 Å². The van der Waals surface area contributed by atoms with Gasteiger partial charge >= 0.3 is 0 Å². The van der Waals surface area contributed by atoms with Crippen molar-refractivity contribution in [2.45, 2.75) is 13.1 Å². The Morgan fingerprint density at radius 1 is 0.789 bits per heavy atom. The molecule has 0 aliphatic carbocycles. The van der Waals surface area contributed by atoms with E-state index in [1.54, 1.807) is 0 Å². The molecule has 0 radical (unpaired) electrons. The largest absolute Gasteiger partial charge is 0.309 e. The van der Waals surface area contributed by atoms with Gasteiger partial charge in [0.1, 0.15) is 0 Å².